The Bertz CT molecular complexity index is 2070. The number of aromatic nitrogens is 2. The van der Waals surface area contributed by atoms with E-state index in [1.165, 1.54) is 16.0 Å². The molecular weight excluding hydrogens is 665 g/mol. The minimum atomic E-state index is -0.350. The maximum absolute atomic E-state index is 8.24. The van der Waals surface area contributed by atoms with Crippen LogP contribution in [0.1, 0.15) is 21.5 Å². The predicted octanol–water partition coefficient (Wildman–Crippen LogP) is 9.13. The topological polar surface area (TPSA) is 38.9 Å². The molecule has 0 amide bonds. The van der Waals surface area contributed by atoms with Crippen molar-refractivity contribution in [3.8, 4) is 22.5 Å². The molecule has 5 heteroatoms. The summed E-state index contributed by atoms with van der Waals surface area (Å²) in [5.74, 6) is 0. The molecule has 0 saturated carbocycles. The van der Waals surface area contributed by atoms with Crippen LogP contribution < -0.4 is 0 Å². The Hall–Kier alpha value is -3.63. The minimum Gasteiger partial charge on any atom is -0.500 e. The van der Waals surface area contributed by atoms with Crippen LogP contribution in [0.4, 0.5) is 0 Å². The number of benzene rings is 3. The summed E-state index contributed by atoms with van der Waals surface area (Å²) >= 11 is 1.73. The van der Waals surface area contributed by atoms with Crippen LogP contribution in [0.2, 0.25) is 0 Å². The summed E-state index contributed by atoms with van der Waals surface area (Å²) in [5.41, 5.74) is 6.30. The van der Waals surface area contributed by atoms with Crippen LogP contribution >= 0.6 is 11.3 Å². The molecule has 189 valence electrons. The molecule has 0 spiro atoms. The molecule has 1 radical (unpaired) electrons. The second kappa shape index (κ2) is 11.0. The van der Waals surface area contributed by atoms with Gasteiger partial charge in [0.2, 0.25) is 0 Å². The van der Waals surface area contributed by atoms with Gasteiger partial charge in [0.15, 0.2) is 0 Å². The molecule has 7 rings (SSSR count). The van der Waals surface area contributed by atoms with Gasteiger partial charge in [-0.3, -0.25) is 0 Å². The molecule has 4 aromatic heterocycles. The molecule has 4 heterocycles. The Morgan fingerprint density at radius 2 is 1.71 bits per heavy atom. The van der Waals surface area contributed by atoms with Crippen LogP contribution in [0.5, 0.6) is 0 Å². The second-order valence-electron chi connectivity index (χ2n) is 8.74. The molecule has 0 atom stereocenters. The smallest absolute Gasteiger partial charge is 0.129 e. The van der Waals surface area contributed by atoms with Crippen LogP contribution in [-0.4, -0.2) is 9.97 Å². The van der Waals surface area contributed by atoms with Gasteiger partial charge in [-0.2, -0.15) is 0 Å². The van der Waals surface area contributed by atoms with Gasteiger partial charge in [0, 0.05) is 52.8 Å². The van der Waals surface area contributed by atoms with E-state index in [2.05, 4.69) is 48.1 Å². The molecule has 0 unspecified atom stereocenters. The normalized spacial score (nSPS) is 12.3. The SMILES string of the molecule is Cc1ccc(-c2[c-]cccc2)nc1.[2H]c1nc(-c2[c-]ccc3c2oc2c3ccc3sc(C)c(C)c32)c([2H])c([2H])c1[2H].[Ir]. The maximum Gasteiger partial charge on any atom is 0.129 e. The number of rotatable bonds is 2. The largest absolute Gasteiger partial charge is 0.500 e. The average molecular weight is 693 g/mol. The second-order valence-corrected chi connectivity index (χ2v) is 10.00. The van der Waals surface area contributed by atoms with Crippen molar-refractivity contribution in [1.29, 1.82) is 0 Å². The first-order valence-electron chi connectivity index (χ1n) is 13.8. The van der Waals surface area contributed by atoms with Gasteiger partial charge in [0.05, 0.1) is 11.1 Å². The Morgan fingerprint density at radius 1 is 0.842 bits per heavy atom. The van der Waals surface area contributed by atoms with E-state index < -0.39 is 0 Å². The first kappa shape index (κ1) is 21.3. The fourth-order valence-corrected chi connectivity index (χ4v) is 5.42. The van der Waals surface area contributed by atoms with Crippen LogP contribution in [0, 0.1) is 32.9 Å². The van der Waals surface area contributed by atoms with Crippen LogP contribution in [0.3, 0.4) is 0 Å². The van der Waals surface area contributed by atoms with E-state index in [1.54, 1.807) is 17.4 Å². The third-order valence-electron chi connectivity index (χ3n) is 6.33. The molecule has 0 bridgehead atoms. The monoisotopic (exact) mass is 693 g/mol. The summed E-state index contributed by atoms with van der Waals surface area (Å²) in [7, 11) is 0. The van der Waals surface area contributed by atoms with E-state index in [0.29, 0.717) is 11.1 Å². The number of thiophene rings is 1. The number of nitrogens with zero attached hydrogens (tertiary/aromatic N) is 2. The number of furan rings is 1. The van der Waals surface area contributed by atoms with Crippen LogP contribution in [0.15, 0.2) is 95.6 Å². The van der Waals surface area contributed by atoms with Gasteiger partial charge >= 0.3 is 0 Å². The van der Waals surface area contributed by atoms with E-state index in [9.17, 15) is 0 Å². The predicted molar refractivity (Wildman–Crippen MR) is 154 cm³/mol. The van der Waals surface area contributed by atoms with Crippen LogP contribution in [-0.2, 0) is 20.1 Å². The Kier molecular flexibility index (Phi) is 6.17. The van der Waals surface area contributed by atoms with Crippen molar-refractivity contribution in [3.63, 3.8) is 0 Å². The molecule has 0 N–H and O–H groups in total. The van der Waals surface area contributed by atoms with Crippen molar-refractivity contribution < 1.29 is 30.0 Å². The maximum atomic E-state index is 8.24. The van der Waals surface area contributed by atoms with Gasteiger partial charge in [-0.05, 0) is 55.4 Å². The van der Waals surface area contributed by atoms with E-state index in [1.807, 2.05) is 55.6 Å². The molecule has 0 saturated heterocycles. The number of hydrogen-bond donors (Lipinski definition) is 0. The first-order valence-corrected chi connectivity index (χ1v) is 12.7. The summed E-state index contributed by atoms with van der Waals surface area (Å²) < 4.78 is 39.2. The molecular formula is C33H24IrN2OS-2. The van der Waals surface area contributed by atoms with Crippen molar-refractivity contribution in [1.82, 2.24) is 9.97 Å². The molecule has 38 heavy (non-hydrogen) atoms. The van der Waals surface area contributed by atoms with Gasteiger partial charge in [-0.1, -0.05) is 41.2 Å². The Balaban J connectivity index is 0.000000212. The molecule has 0 fully saturated rings. The third-order valence-corrected chi connectivity index (χ3v) is 7.50. The van der Waals surface area contributed by atoms with Gasteiger partial charge in [0.1, 0.15) is 5.58 Å². The van der Waals surface area contributed by atoms with E-state index >= 15 is 0 Å². The zero-order valence-corrected chi connectivity index (χ0v) is 24.1. The summed E-state index contributed by atoms with van der Waals surface area (Å²) in [6.07, 6.45) is 1.54. The Morgan fingerprint density at radius 3 is 2.50 bits per heavy atom. The van der Waals surface area contributed by atoms with E-state index in [0.717, 1.165) is 37.7 Å². The molecule has 0 aliphatic rings. The van der Waals surface area contributed by atoms with Crippen molar-refractivity contribution in [3.05, 3.63) is 119 Å². The standard InChI is InChI=1S/C21H14NOS.C12H10N.Ir/c1-12-13(2)24-18-10-9-15-14-6-5-7-16(17-8-3-4-11-22-17)20(14)23-21(15)19(12)18;1-10-7-8-12(13-9-10)11-5-3-2-4-6-11;/h3-6,8-11H,1-2H3;2-5,7-9H,1H3;/q2*-1;/i3D,4D,8D,11D;;. The van der Waals surface area contributed by atoms with Gasteiger partial charge in [-0.25, -0.2) is 0 Å². The molecule has 7 aromatic rings. The molecule has 3 nitrogen and oxygen atoms in total. The quantitative estimate of drug-likeness (QED) is 0.170. The van der Waals surface area contributed by atoms with E-state index in [-0.39, 0.29) is 50.1 Å². The van der Waals surface area contributed by atoms with Crippen molar-refractivity contribution in [2.24, 2.45) is 0 Å². The zero-order chi connectivity index (χ0) is 28.8. The van der Waals surface area contributed by atoms with Gasteiger partial charge < -0.3 is 14.4 Å². The van der Waals surface area contributed by atoms with E-state index in [4.69, 9.17) is 9.90 Å². The number of fused-ring (bicyclic) bond motifs is 5. The molecule has 0 aliphatic carbocycles. The van der Waals surface area contributed by atoms with Crippen molar-refractivity contribution in [2.45, 2.75) is 20.8 Å². The minimum absolute atomic E-state index is 0. The van der Waals surface area contributed by atoms with Gasteiger partial charge in [0.25, 0.3) is 0 Å². The van der Waals surface area contributed by atoms with Crippen molar-refractivity contribution in [2.75, 3.05) is 0 Å². The van der Waals surface area contributed by atoms with Crippen LogP contribution in [0.25, 0.3) is 54.5 Å². The first-order chi connectivity index (χ1) is 19.7. The average Bonchev–Trinajstić information content (AvgIpc) is 3.51. The Labute approximate surface area is 245 Å². The fraction of sp³-hybridized carbons (Fsp3) is 0.0909. The number of hydrogen-bond acceptors (Lipinski definition) is 4. The fourth-order valence-electron chi connectivity index (χ4n) is 4.35. The number of aryl methyl sites for hydroxylation is 3. The summed E-state index contributed by atoms with van der Waals surface area (Å²) in [5, 5.41) is 2.94. The summed E-state index contributed by atoms with van der Waals surface area (Å²) in [4.78, 5) is 9.65. The van der Waals surface area contributed by atoms with Crippen molar-refractivity contribution >= 4 is 43.4 Å². The zero-order valence-electron chi connectivity index (χ0n) is 24.9. The molecule has 3 aromatic carbocycles. The molecule has 0 aliphatic heterocycles. The summed E-state index contributed by atoms with van der Waals surface area (Å²) in [6, 6.07) is 25.1. The summed E-state index contributed by atoms with van der Waals surface area (Å²) in [6.45, 7) is 6.21. The number of pyridine rings is 2. The third kappa shape index (κ3) is 4.81. The van der Waals surface area contributed by atoms with Gasteiger partial charge in [-0.15, -0.1) is 65.4 Å².